The Bertz CT molecular complexity index is 621. The van der Waals surface area contributed by atoms with Crippen molar-refractivity contribution in [3.8, 4) is 0 Å². The molecule has 1 saturated carbocycles. The fraction of sp³-hybridized carbons (Fsp3) is 0.444. The lowest BCUT2D eigenvalue weighted by Gasteiger charge is -2.44. The van der Waals surface area contributed by atoms with Gasteiger partial charge < -0.3 is 0 Å². The van der Waals surface area contributed by atoms with Gasteiger partial charge in [0.25, 0.3) is 0 Å². The molecule has 0 radical (unpaired) electrons. The Morgan fingerprint density at radius 1 is 0.708 bits per heavy atom. The number of allylic oxidation sites excluding steroid dienone is 2. The number of carbonyl (C=O) groups excluding carboxylic acids is 4. The summed E-state index contributed by atoms with van der Waals surface area (Å²) in [6, 6.07) is 0. The van der Waals surface area contributed by atoms with Crippen LogP contribution in [-0.2, 0) is 19.2 Å². The molecule has 2 saturated heterocycles. The van der Waals surface area contributed by atoms with Crippen molar-refractivity contribution in [1.82, 2.24) is 9.80 Å². The topological polar surface area (TPSA) is 74.8 Å². The summed E-state index contributed by atoms with van der Waals surface area (Å²) in [5, 5.41) is 0. The van der Waals surface area contributed by atoms with Gasteiger partial charge in [0, 0.05) is 24.9 Å². The first-order chi connectivity index (χ1) is 11.5. The number of rotatable bonds is 4. The van der Waals surface area contributed by atoms with Crippen LogP contribution in [0, 0.1) is 35.5 Å². The SMILES string of the molecule is C=CCN1C(=O)[C@@H]2C3C=CC([C@H]2C1=O)[C@@H]1C(=O)N(CC=C)C(=O)[C@@H]31. The summed E-state index contributed by atoms with van der Waals surface area (Å²) in [5.41, 5.74) is 0. The van der Waals surface area contributed by atoms with Gasteiger partial charge in [0.1, 0.15) is 0 Å². The van der Waals surface area contributed by atoms with Crippen LogP contribution in [0.1, 0.15) is 0 Å². The monoisotopic (exact) mass is 326 g/mol. The molecule has 6 heteroatoms. The van der Waals surface area contributed by atoms with Crippen molar-refractivity contribution in [2.75, 3.05) is 13.1 Å². The average molecular weight is 326 g/mol. The number of nitrogens with zero attached hydrogens (tertiary/aromatic N) is 2. The maximum atomic E-state index is 12.7. The van der Waals surface area contributed by atoms with Gasteiger partial charge in [-0.05, 0) is 0 Å². The van der Waals surface area contributed by atoms with Crippen molar-refractivity contribution in [3.63, 3.8) is 0 Å². The predicted octanol–water partition coefficient (Wildman–Crippen LogP) is 0.377. The van der Waals surface area contributed by atoms with Gasteiger partial charge in [0.2, 0.25) is 23.6 Å². The van der Waals surface area contributed by atoms with Gasteiger partial charge in [0.05, 0.1) is 23.7 Å². The molecule has 2 bridgehead atoms. The maximum absolute atomic E-state index is 12.7. The van der Waals surface area contributed by atoms with E-state index in [0.29, 0.717) is 0 Å². The van der Waals surface area contributed by atoms with Crippen molar-refractivity contribution >= 4 is 23.6 Å². The summed E-state index contributed by atoms with van der Waals surface area (Å²) in [4.78, 5) is 53.3. The second-order valence-corrected chi connectivity index (χ2v) is 6.79. The molecule has 0 aromatic rings. The molecular weight excluding hydrogens is 308 g/mol. The van der Waals surface area contributed by atoms with Crippen molar-refractivity contribution in [2.45, 2.75) is 0 Å². The van der Waals surface area contributed by atoms with Gasteiger partial charge in [-0.3, -0.25) is 29.0 Å². The van der Waals surface area contributed by atoms with E-state index in [0.717, 1.165) is 0 Å². The smallest absolute Gasteiger partial charge is 0.234 e. The first kappa shape index (κ1) is 15.1. The number of imide groups is 2. The number of amides is 4. The molecule has 2 aliphatic heterocycles. The van der Waals surface area contributed by atoms with Gasteiger partial charge in [-0.2, -0.15) is 0 Å². The van der Waals surface area contributed by atoms with Crippen LogP contribution in [0.15, 0.2) is 37.5 Å². The predicted molar refractivity (Wildman–Crippen MR) is 83.9 cm³/mol. The highest BCUT2D eigenvalue weighted by Crippen LogP contribution is 2.57. The highest BCUT2D eigenvalue weighted by molar-refractivity contribution is 6.11. The molecule has 0 spiro atoms. The number of hydrogen-bond donors (Lipinski definition) is 0. The van der Waals surface area contributed by atoms with E-state index in [9.17, 15) is 19.2 Å². The zero-order valence-electron chi connectivity index (χ0n) is 13.1. The molecule has 6 nitrogen and oxygen atoms in total. The lowest BCUT2D eigenvalue weighted by atomic mass is 9.54. The van der Waals surface area contributed by atoms with Crippen molar-refractivity contribution in [1.29, 1.82) is 0 Å². The Labute approximate surface area is 139 Å². The van der Waals surface area contributed by atoms with Gasteiger partial charge in [0.15, 0.2) is 0 Å². The largest absolute Gasteiger partial charge is 0.278 e. The van der Waals surface area contributed by atoms with E-state index >= 15 is 0 Å². The van der Waals surface area contributed by atoms with Crippen molar-refractivity contribution < 1.29 is 19.2 Å². The molecule has 0 aromatic heterocycles. The van der Waals surface area contributed by atoms with Crippen molar-refractivity contribution in [2.24, 2.45) is 35.5 Å². The Morgan fingerprint density at radius 3 is 1.25 bits per heavy atom. The fourth-order valence-electron chi connectivity index (χ4n) is 4.97. The Kier molecular flexibility index (Phi) is 3.13. The molecule has 2 unspecified atom stereocenters. The van der Waals surface area contributed by atoms with E-state index < -0.39 is 23.7 Å². The molecule has 6 atom stereocenters. The van der Waals surface area contributed by atoms with Crippen LogP contribution in [0.25, 0.3) is 0 Å². The van der Waals surface area contributed by atoms with E-state index in [1.54, 1.807) is 0 Å². The minimum Gasteiger partial charge on any atom is -0.278 e. The van der Waals surface area contributed by atoms with E-state index in [4.69, 9.17) is 0 Å². The standard InChI is InChI=1S/C18H18N2O4/c1-3-7-19-15(21)11-9-5-6-10(12(11)16(19)22)14-13(9)17(23)20(8-4-2)18(14)24/h3-6,9-14H,1-2,7-8H2/t9?,10?,11-,12-,13+,14+. The first-order valence-electron chi connectivity index (χ1n) is 8.13. The third-order valence-electron chi connectivity index (χ3n) is 5.82. The van der Waals surface area contributed by atoms with Crippen LogP contribution in [0.2, 0.25) is 0 Å². The third kappa shape index (κ3) is 1.60. The van der Waals surface area contributed by atoms with Gasteiger partial charge in [-0.1, -0.05) is 24.3 Å². The molecule has 124 valence electrons. The molecule has 4 amide bonds. The van der Waals surface area contributed by atoms with Gasteiger partial charge in [-0.15, -0.1) is 13.2 Å². The summed E-state index contributed by atoms with van der Waals surface area (Å²) in [7, 11) is 0. The molecular formula is C18H18N2O4. The van der Waals surface area contributed by atoms with Crippen LogP contribution < -0.4 is 0 Å². The second-order valence-electron chi connectivity index (χ2n) is 6.79. The minimum absolute atomic E-state index is 0.171. The maximum Gasteiger partial charge on any atom is 0.234 e. The lowest BCUT2D eigenvalue weighted by Crippen LogP contribution is -2.50. The molecule has 0 aromatic carbocycles. The molecule has 5 aliphatic rings. The van der Waals surface area contributed by atoms with E-state index in [1.807, 2.05) is 12.2 Å². The third-order valence-corrected chi connectivity index (χ3v) is 5.82. The summed E-state index contributed by atoms with van der Waals surface area (Å²) in [5.74, 6) is -3.89. The van der Waals surface area contributed by atoms with E-state index in [-0.39, 0.29) is 48.6 Å². The highest BCUT2D eigenvalue weighted by Gasteiger charge is 2.68. The van der Waals surface area contributed by atoms with Gasteiger partial charge in [-0.25, -0.2) is 0 Å². The van der Waals surface area contributed by atoms with Crippen LogP contribution in [0.5, 0.6) is 0 Å². The average Bonchev–Trinajstić information content (AvgIpc) is 2.99. The quantitative estimate of drug-likeness (QED) is 0.553. The second kappa shape index (κ2) is 5.00. The van der Waals surface area contributed by atoms with Crippen LogP contribution >= 0.6 is 0 Å². The number of likely N-dealkylation sites (tertiary alicyclic amines) is 2. The van der Waals surface area contributed by atoms with Crippen LogP contribution in [0.4, 0.5) is 0 Å². The summed E-state index contributed by atoms with van der Waals surface area (Å²) >= 11 is 0. The fourth-order valence-corrected chi connectivity index (χ4v) is 4.97. The summed E-state index contributed by atoms with van der Waals surface area (Å²) in [6.45, 7) is 7.52. The molecule has 3 fully saturated rings. The minimum atomic E-state index is -0.533. The number of carbonyl (C=O) groups is 4. The zero-order chi connectivity index (χ0) is 17.2. The Hall–Kier alpha value is -2.50. The molecule has 0 N–H and O–H groups in total. The first-order valence-corrected chi connectivity index (χ1v) is 8.13. The normalized spacial score (nSPS) is 39.5. The Morgan fingerprint density at radius 2 is 1.00 bits per heavy atom. The molecule has 5 rings (SSSR count). The lowest BCUT2D eigenvalue weighted by molar-refractivity contribution is -0.139. The number of hydrogen-bond acceptors (Lipinski definition) is 4. The van der Waals surface area contributed by atoms with Gasteiger partial charge >= 0.3 is 0 Å². The summed E-state index contributed by atoms with van der Waals surface area (Å²) in [6.07, 6.45) is 6.76. The van der Waals surface area contributed by atoms with Crippen LogP contribution in [-0.4, -0.2) is 46.5 Å². The van der Waals surface area contributed by atoms with Crippen molar-refractivity contribution in [3.05, 3.63) is 37.5 Å². The Balaban J connectivity index is 1.76. The van der Waals surface area contributed by atoms with E-state index in [1.165, 1.54) is 22.0 Å². The molecule has 2 heterocycles. The zero-order valence-corrected chi connectivity index (χ0v) is 13.1. The highest BCUT2D eigenvalue weighted by atomic mass is 16.2. The van der Waals surface area contributed by atoms with Crippen LogP contribution in [0.3, 0.4) is 0 Å². The molecule has 3 aliphatic carbocycles. The molecule has 24 heavy (non-hydrogen) atoms. The summed E-state index contributed by atoms with van der Waals surface area (Å²) < 4.78 is 0. The van der Waals surface area contributed by atoms with E-state index in [2.05, 4.69) is 13.2 Å².